The van der Waals surface area contributed by atoms with Gasteiger partial charge >= 0.3 is 11.9 Å². The van der Waals surface area contributed by atoms with E-state index < -0.39 is 25.2 Å². The van der Waals surface area contributed by atoms with Gasteiger partial charge in [-0.05, 0) is 77.8 Å². The second kappa shape index (κ2) is 20.7. The predicted molar refractivity (Wildman–Crippen MR) is 184 cm³/mol. The molecule has 2 N–H and O–H groups in total. The monoisotopic (exact) mass is 662 g/mol. The molecule has 0 aliphatic heterocycles. The minimum Gasteiger partial charge on any atom is -0.490 e. The molecule has 0 heterocycles. The second-order valence-corrected chi connectivity index (χ2v) is 11.4. The molecule has 0 saturated carbocycles. The maximum Gasteiger partial charge on any atom is 0.335 e. The van der Waals surface area contributed by atoms with Crippen molar-refractivity contribution in [2.45, 2.75) is 58.3 Å². The quantitative estimate of drug-likeness (QED) is 0.0692. The number of rotatable bonds is 22. The Kier molecular flexibility index (Phi) is 16.4. The molecule has 0 spiro atoms. The Hall–Kier alpha value is -4.47. The standard InChI is InChI=1S/C39H47FO8/c1-4-5-6-7-8-9-36-35(31-14-19-34(20-15-31)46-23-25-48-39(44)29(3)27-42)21-16-32(37(36)40)13-10-30-11-17-33(18-12-30)45-22-24-47-38(43)28(2)26-41/h11-12,14-21,41-42H,2-10,13,22-27H2,1H3. The number of unbranched alkanes of at least 4 members (excludes halogenated alkanes) is 4. The van der Waals surface area contributed by atoms with E-state index in [9.17, 15) is 9.59 Å². The number of aliphatic hydroxyl groups is 2. The molecule has 0 saturated heterocycles. The van der Waals surface area contributed by atoms with Gasteiger partial charge in [0, 0.05) is 0 Å². The first-order valence-corrected chi connectivity index (χ1v) is 16.4. The van der Waals surface area contributed by atoms with Crippen LogP contribution in [0.1, 0.15) is 55.7 Å². The largest absolute Gasteiger partial charge is 0.490 e. The highest BCUT2D eigenvalue weighted by Gasteiger charge is 2.16. The molecule has 0 radical (unpaired) electrons. The molecule has 0 aliphatic carbocycles. The van der Waals surface area contributed by atoms with Gasteiger partial charge in [0.25, 0.3) is 0 Å². The van der Waals surface area contributed by atoms with Crippen LogP contribution in [0.2, 0.25) is 0 Å². The summed E-state index contributed by atoms with van der Waals surface area (Å²) < 4.78 is 37.4. The van der Waals surface area contributed by atoms with Crippen LogP contribution in [0.3, 0.4) is 0 Å². The molecule has 0 atom stereocenters. The average molecular weight is 663 g/mol. The molecule has 0 aromatic heterocycles. The van der Waals surface area contributed by atoms with Gasteiger partial charge in [0.15, 0.2) is 0 Å². The molecular weight excluding hydrogens is 615 g/mol. The number of halogens is 1. The highest BCUT2D eigenvalue weighted by molar-refractivity contribution is 5.88. The zero-order valence-corrected chi connectivity index (χ0v) is 27.8. The van der Waals surface area contributed by atoms with E-state index in [1.54, 1.807) is 0 Å². The van der Waals surface area contributed by atoms with Gasteiger partial charge in [-0.1, -0.05) is 82.2 Å². The van der Waals surface area contributed by atoms with Crippen LogP contribution < -0.4 is 9.47 Å². The number of aryl methyl sites for hydroxylation is 2. The van der Waals surface area contributed by atoms with Gasteiger partial charge in [0.05, 0.1) is 24.4 Å². The van der Waals surface area contributed by atoms with E-state index in [0.717, 1.165) is 47.9 Å². The van der Waals surface area contributed by atoms with Crippen LogP contribution in [0.5, 0.6) is 11.5 Å². The summed E-state index contributed by atoms with van der Waals surface area (Å²) in [5.41, 5.74) is 4.18. The minimum atomic E-state index is -0.659. The van der Waals surface area contributed by atoms with Crippen molar-refractivity contribution in [3.63, 3.8) is 0 Å². The highest BCUT2D eigenvalue weighted by atomic mass is 19.1. The fraction of sp³-hybridized carbons (Fsp3) is 0.385. The van der Waals surface area contributed by atoms with E-state index >= 15 is 4.39 Å². The molecule has 0 amide bonds. The van der Waals surface area contributed by atoms with E-state index in [1.807, 2.05) is 60.7 Å². The fourth-order valence-corrected chi connectivity index (χ4v) is 4.97. The van der Waals surface area contributed by atoms with Gasteiger partial charge in [0.2, 0.25) is 0 Å². The lowest BCUT2D eigenvalue weighted by molar-refractivity contribution is -0.141. The Morgan fingerprint density at radius 1 is 0.667 bits per heavy atom. The first-order valence-electron chi connectivity index (χ1n) is 16.4. The van der Waals surface area contributed by atoms with Gasteiger partial charge in [-0.3, -0.25) is 0 Å². The van der Waals surface area contributed by atoms with Crippen LogP contribution in [0.4, 0.5) is 4.39 Å². The van der Waals surface area contributed by atoms with E-state index in [1.165, 1.54) is 6.42 Å². The van der Waals surface area contributed by atoms with Gasteiger partial charge in [-0.15, -0.1) is 0 Å². The third-order valence-electron chi connectivity index (χ3n) is 7.75. The van der Waals surface area contributed by atoms with E-state index in [4.69, 9.17) is 29.2 Å². The van der Waals surface area contributed by atoms with Crippen LogP contribution in [0, 0.1) is 5.82 Å². The molecule has 8 nitrogen and oxygen atoms in total. The highest BCUT2D eigenvalue weighted by Crippen LogP contribution is 2.31. The summed E-state index contributed by atoms with van der Waals surface area (Å²) in [6.07, 6.45) is 7.26. The molecular formula is C39H47FO8. The Labute approximate surface area is 282 Å². The lowest BCUT2D eigenvalue weighted by atomic mass is 9.91. The lowest BCUT2D eigenvalue weighted by Crippen LogP contribution is -2.15. The van der Waals surface area contributed by atoms with Crippen LogP contribution in [0.15, 0.2) is 85.0 Å². The molecule has 0 aliphatic rings. The number of carbonyl (C=O) groups excluding carboxylic acids is 2. The Bertz CT molecular complexity index is 1480. The number of hydrogen-bond donors (Lipinski definition) is 2. The predicted octanol–water partition coefficient (Wildman–Crippen LogP) is 6.73. The summed E-state index contributed by atoms with van der Waals surface area (Å²) in [4.78, 5) is 23.2. The summed E-state index contributed by atoms with van der Waals surface area (Å²) in [5, 5.41) is 17.9. The van der Waals surface area contributed by atoms with Crippen molar-refractivity contribution < 1.29 is 43.1 Å². The van der Waals surface area contributed by atoms with Gasteiger partial charge < -0.3 is 29.2 Å². The van der Waals surface area contributed by atoms with Gasteiger partial charge in [-0.2, -0.15) is 0 Å². The number of carbonyl (C=O) groups is 2. The van der Waals surface area contributed by atoms with Crippen LogP contribution in [0.25, 0.3) is 11.1 Å². The summed E-state index contributed by atoms with van der Waals surface area (Å²) >= 11 is 0. The molecule has 0 unspecified atom stereocenters. The molecule has 9 heteroatoms. The maximum atomic E-state index is 16.1. The topological polar surface area (TPSA) is 112 Å². The number of hydrogen-bond acceptors (Lipinski definition) is 8. The van der Waals surface area contributed by atoms with Crippen molar-refractivity contribution in [1.29, 1.82) is 0 Å². The normalized spacial score (nSPS) is 10.8. The smallest absolute Gasteiger partial charge is 0.335 e. The van der Waals surface area contributed by atoms with Gasteiger partial charge in [0.1, 0.15) is 43.7 Å². The molecule has 0 bridgehead atoms. The minimum absolute atomic E-state index is 0.00736. The SMILES string of the molecule is C=C(CO)C(=O)OCCOc1ccc(CCc2ccc(-c3ccc(OCCOC(=O)C(=C)CO)cc3)c(CCCCCCC)c2F)cc1. The Morgan fingerprint density at radius 2 is 1.21 bits per heavy atom. The van der Waals surface area contributed by atoms with Crippen molar-refractivity contribution in [3.05, 3.63) is 107 Å². The third-order valence-corrected chi connectivity index (χ3v) is 7.75. The Balaban J connectivity index is 1.62. The fourth-order valence-electron chi connectivity index (χ4n) is 4.97. The van der Waals surface area contributed by atoms with Crippen LogP contribution in [-0.4, -0.2) is 61.8 Å². The first-order chi connectivity index (χ1) is 23.3. The molecule has 258 valence electrons. The zero-order chi connectivity index (χ0) is 34.7. The van der Waals surface area contributed by atoms with E-state index in [2.05, 4.69) is 20.1 Å². The van der Waals surface area contributed by atoms with Crippen molar-refractivity contribution >= 4 is 11.9 Å². The number of esters is 2. The summed E-state index contributed by atoms with van der Waals surface area (Å²) in [7, 11) is 0. The Morgan fingerprint density at radius 3 is 1.75 bits per heavy atom. The molecule has 3 aromatic rings. The number of aliphatic hydroxyl groups excluding tert-OH is 2. The van der Waals surface area contributed by atoms with Crippen molar-refractivity contribution in [3.8, 4) is 22.6 Å². The van der Waals surface area contributed by atoms with Crippen molar-refractivity contribution in [2.24, 2.45) is 0 Å². The van der Waals surface area contributed by atoms with Crippen LogP contribution in [-0.2, 0) is 38.3 Å². The lowest BCUT2D eigenvalue weighted by Gasteiger charge is -2.16. The second-order valence-electron chi connectivity index (χ2n) is 11.4. The first kappa shape index (κ1) is 38.0. The van der Waals surface area contributed by atoms with Crippen molar-refractivity contribution in [1.82, 2.24) is 0 Å². The molecule has 48 heavy (non-hydrogen) atoms. The van der Waals surface area contributed by atoms with Gasteiger partial charge in [-0.25, -0.2) is 14.0 Å². The third kappa shape index (κ3) is 12.3. The van der Waals surface area contributed by atoms with Crippen molar-refractivity contribution in [2.75, 3.05) is 39.6 Å². The van der Waals surface area contributed by atoms with E-state index in [-0.39, 0.29) is 43.4 Å². The molecule has 0 fully saturated rings. The maximum absolute atomic E-state index is 16.1. The summed E-state index contributed by atoms with van der Waals surface area (Å²) in [6, 6.07) is 18.9. The van der Waals surface area contributed by atoms with E-state index in [0.29, 0.717) is 36.3 Å². The average Bonchev–Trinajstić information content (AvgIpc) is 3.11. The number of ether oxygens (including phenoxy) is 4. The summed E-state index contributed by atoms with van der Waals surface area (Å²) in [5.74, 6) is -0.249. The summed E-state index contributed by atoms with van der Waals surface area (Å²) in [6.45, 7) is 8.49. The molecule has 3 aromatic carbocycles. The number of benzene rings is 3. The zero-order valence-electron chi connectivity index (χ0n) is 27.8. The van der Waals surface area contributed by atoms with Crippen LogP contribution >= 0.6 is 0 Å². The molecule has 3 rings (SSSR count).